The summed E-state index contributed by atoms with van der Waals surface area (Å²) in [6.07, 6.45) is 6.54. The number of ketones is 1. The number of rotatable bonds is 4. The van der Waals surface area contributed by atoms with Gasteiger partial charge in [0.1, 0.15) is 0 Å². The van der Waals surface area contributed by atoms with Crippen molar-refractivity contribution in [1.82, 2.24) is 5.32 Å². The zero-order valence-corrected chi connectivity index (χ0v) is 8.39. The number of allylic oxidation sites excluding steroid dienone is 3. The number of carbonyl (C=O) groups is 1. The standard InChI is InChI=1S/C11H17NO/c1-9(2)4-3-7-12-10-5-6-11(13)8-10/h4,8,12H,3,5-7H2,1-2H3. The Morgan fingerprint density at radius 3 is 2.85 bits per heavy atom. The van der Waals surface area contributed by atoms with E-state index < -0.39 is 0 Å². The maximum Gasteiger partial charge on any atom is 0.157 e. The molecule has 0 unspecified atom stereocenters. The fourth-order valence-corrected chi connectivity index (χ4v) is 1.33. The normalized spacial score (nSPS) is 15.5. The van der Waals surface area contributed by atoms with Gasteiger partial charge in [-0.25, -0.2) is 0 Å². The first kappa shape index (κ1) is 10.0. The van der Waals surface area contributed by atoms with Crippen LogP contribution < -0.4 is 5.32 Å². The van der Waals surface area contributed by atoms with Crippen LogP contribution in [0.2, 0.25) is 0 Å². The molecule has 0 saturated heterocycles. The van der Waals surface area contributed by atoms with E-state index >= 15 is 0 Å². The third-order valence-corrected chi connectivity index (χ3v) is 2.02. The molecule has 0 fully saturated rings. The van der Waals surface area contributed by atoms with Gasteiger partial charge in [-0.05, 0) is 26.7 Å². The summed E-state index contributed by atoms with van der Waals surface area (Å²) < 4.78 is 0. The van der Waals surface area contributed by atoms with E-state index in [1.54, 1.807) is 6.08 Å². The van der Waals surface area contributed by atoms with E-state index in [0.717, 1.165) is 25.1 Å². The minimum Gasteiger partial charge on any atom is -0.388 e. The fourth-order valence-electron chi connectivity index (χ4n) is 1.33. The average Bonchev–Trinajstić information content (AvgIpc) is 2.45. The van der Waals surface area contributed by atoms with E-state index in [4.69, 9.17) is 0 Å². The van der Waals surface area contributed by atoms with Crippen LogP contribution in [0.1, 0.15) is 33.1 Å². The molecule has 2 heteroatoms. The van der Waals surface area contributed by atoms with Crippen molar-refractivity contribution in [2.45, 2.75) is 33.1 Å². The van der Waals surface area contributed by atoms with Crippen LogP contribution in [-0.4, -0.2) is 12.3 Å². The molecule has 0 amide bonds. The van der Waals surface area contributed by atoms with E-state index in [9.17, 15) is 4.79 Å². The Bertz CT molecular complexity index is 247. The second kappa shape index (κ2) is 4.85. The first-order valence-corrected chi connectivity index (χ1v) is 4.79. The Morgan fingerprint density at radius 2 is 2.31 bits per heavy atom. The molecule has 1 aliphatic rings. The molecular weight excluding hydrogens is 162 g/mol. The van der Waals surface area contributed by atoms with E-state index in [1.807, 2.05) is 0 Å². The Labute approximate surface area is 79.7 Å². The maximum atomic E-state index is 10.9. The van der Waals surface area contributed by atoms with Gasteiger partial charge in [-0.15, -0.1) is 0 Å². The van der Waals surface area contributed by atoms with E-state index in [1.165, 1.54) is 5.57 Å². The van der Waals surface area contributed by atoms with Gasteiger partial charge in [0.25, 0.3) is 0 Å². The van der Waals surface area contributed by atoms with Crippen LogP contribution >= 0.6 is 0 Å². The average molecular weight is 179 g/mol. The van der Waals surface area contributed by atoms with E-state index in [2.05, 4.69) is 25.2 Å². The molecular formula is C11H17NO. The summed E-state index contributed by atoms with van der Waals surface area (Å²) in [5.74, 6) is 0.254. The first-order valence-electron chi connectivity index (χ1n) is 4.79. The summed E-state index contributed by atoms with van der Waals surface area (Å²) in [6.45, 7) is 5.13. The molecule has 0 atom stereocenters. The van der Waals surface area contributed by atoms with Gasteiger partial charge >= 0.3 is 0 Å². The molecule has 0 aromatic rings. The quantitative estimate of drug-likeness (QED) is 0.529. The van der Waals surface area contributed by atoms with Crippen molar-refractivity contribution in [2.24, 2.45) is 0 Å². The van der Waals surface area contributed by atoms with Gasteiger partial charge in [-0.3, -0.25) is 4.79 Å². The van der Waals surface area contributed by atoms with Gasteiger partial charge in [0, 0.05) is 24.7 Å². The van der Waals surface area contributed by atoms with Crippen molar-refractivity contribution in [1.29, 1.82) is 0 Å². The van der Waals surface area contributed by atoms with Crippen molar-refractivity contribution in [2.75, 3.05) is 6.54 Å². The topological polar surface area (TPSA) is 29.1 Å². The largest absolute Gasteiger partial charge is 0.388 e. The highest BCUT2D eigenvalue weighted by Crippen LogP contribution is 2.11. The predicted molar refractivity (Wildman–Crippen MR) is 54.4 cm³/mol. The summed E-state index contributed by atoms with van der Waals surface area (Å²) in [5.41, 5.74) is 2.45. The van der Waals surface area contributed by atoms with Crippen LogP contribution in [0.5, 0.6) is 0 Å². The van der Waals surface area contributed by atoms with Gasteiger partial charge < -0.3 is 5.32 Å². The lowest BCUT2D eigenvalue weighted by atomic mass is 10.2. The number of nitrogens with one attached hydrogen (secondary N) is 1. The van der Waals surface area contributed by atoms with Gasteiger partial charge in [0.15, 0.2) is 5.78 Å². The minimum absolute atomic E-state index is 0.254. The number of hydrogen-bond acceptors (Lipinski definition) is 2. The molecule has 0 aromatic carbocycles. The monoisotopic (exact) mass is 179 g/mol. The highest BCUT2D eigenvalue weighted by atomic mass is 16.1. The van der Waals surface area contributed by atoms with Crippen LogP contribution in [0.3, 0.4) is 0 Å². The maximum absolute atomic E-state index is 10.9. The van der Waals surface area contributed by atoms with Crippen molar-refractivity contribution >= 4 is 5.78 Å². The SMILES string of the molecule is CC(C)=CCCNC1=CC(=O)CC1. The van der Waals surface area contributed by atoms with Crippen LogP contribution in [0, 0.1) is 0 Å². The predicted octanol–water partition coefficient (Wildman–Crippen LogP) is 2.18. The van der Waals surface area contributed by atoms with E-state index in [0.29, 0.717) is 6.42 Å². The molecule has 72 valence electrons. The van der Waals surface area contributed by atoms with E-state index in [-0.39, 0.29) is 5.78 Å². The van der Waals surface area contributed by atoms with Crippen LogP contribution in [0.4, 0.5) is 0 Å². The second-order valence-corrected chi connectivity index (χ2v) is 3.63. The Balaban J connectivity index is 2.17. The summed E-state index contributed by atoms with van der Waals surface area (Å²) in [4.78, 5) is 10.9. The van der Waals surface area contributed by atoms with Gasteiger partial charge in [0.05, 0.1) is 0 Å². The molecule has 2 nitrogen and oxygen atoms in total. The number of hydrogen-bond donors (Lipinski definition) is 1. The van der Waals surface area contributed by atoms with Crippen LogP contribution in [-0.2, 0) is 4.79 Å². The third-order valence-electron chi connectivity index (χ3n) is 2.02. The lowest BCUT2D eigenvalue weighted by molar-refractivity contribution is -0.114. The molecule has 0 saturated carbocycles. The first-order chi connectivity index (χ1) is 6.18. The third kappa shape index (κ3) is 3.92. The molecule has 13 heavy (non-hydrogen) atoms. The Morgan fingerprint density at radius 1 is 1.54 bits per heavy atom. The van der Waals surface area contributed by atoms with Crippen LogP contribution in [0.25, 0.3) is 0 Å². The lowest BCUT2D eigenvalue weighted by Gasteiger charge is -2.03. The number of carbonyl (C=O) groups excluding carboxylic acids is 1. The van der Waals surface area contributed by atoms with Gasteiger partial charge in [0.2, 0.25) is 0 Å². The zero-order chi connectivity index (χ0) is 9.68. The highest BCUT2D eigenvalue weighted by molar-refractivity contribution is 5.92. The lowest BCUT2D eigenvalue weighted by Crippen LogP contribution is -2.12. The van der Waals surface area contributed by atoms with Crippen molar-refractivity contribution < 1.29 is 4.79 Å². The summed E-state index contributed by atoms with van der Waals surface area (Å²) >= 11 is 0. The zero-order valence-electron chi connectivity index (χ0n) is 8.39. The second-order valence-electron chi connectivity index (χ2n) is 3.63. The molecule has 1 N–H and O–H groups in total. The molecule has 0 radical (unpaired) electrons. The summed E-state index contributed by atoms with van der Waals surface area (Å²) in [5, 5.41) is 3.26. The molecule has 0 bridgehead atoms. The highest BCUT2D eigenvalue weighted by Gasteiger charge is 2.10. The Kier molecular flexibility index (Phi) is 3.74. The molecule has 0 heterocycles. The minimum atomic E-state index is 0.254. The molecule has 0 aliphatic heterocycles. The summed E-state index contributed by atoms with van der Waals surface area (Å²) in [6, 6.07) is 0. The smallest absolute Gasteiger partial charge is 0.157 e. The van der Waals surface area contributed by atoms with Crippen LogP contribution in [0.15, 0.2) is 23.4 Å². The molecule has 1 rings (SSSR count). The summed E-state index contributed by atoms with van der Waals surface area (Å²) in [7, 11) is 0. The molecule has 1 aliphatic carbocycles. The van der Waals surface area contributed by atoms with Gasteiger partial charge in [-0.2, -0.15) is 0 Å². The van der Waals surface area contributed by atoms with Crippen molar-refractivity contribution in [3.05, 3.63) is 23.4 Å². The van der Waals surface area contributed by atoms with Crippen molar-refractivity contribution in [3.8, 4) is 0 Å². The van der Waals surface area contributed by atoms with Crippen molar-refractivity contribution in [3.63, 3.8) is 0 Å². The van der Waals surface area contributed by atoms with Gasteiger partial charge in [-0.1, -0.05) is 11.6 Å². The molecule has 0 spiro atoms. The fraction of sp³-hybridized carbons (Fsp3) is 0.545. The Hall–Kier alpha value is -1.05. The molecule has 0 aromatic heterocycles.